The van der Waals surface area contributed by atoms with Crippen molar-refractivity contribution in [1.29, 1.82) is 0 Å². The zero-order valence-electron chi connectivity index (χ0n) is 11.2. The third-order valence-corrected chi connectivity index (χ3v) is 2.61. The van der Waals surface area contributed by atoms with E-state index in [0.717, 1.165) is 39.1 Å². The number of nitrogens with zero attached hydrogens (tertiary/aromatic N) is 1. The van der Waals surface area contributed by atoms with Crippen molar-refractivity contribution in [2.45, 2.75) is 27.2 Å². The van der Waals surface area contributed by atoms with Crippen molar-refractivity contribution >= 4 is 5.91 Å². The summed E-state index contributed by atoms with van der Waals surface area (Å²) in [6.07, 6.45) is 1.00. The normalized spacial score (nSPS) is 20.1. The van der Waals surface area contributed by atoms with E-state index < -0.39 is 0 Å². The van der Waals surface area contributed by atoms with Gasteiger partial charge in [-0.25, -0.2) is 0 Å². The Labute approximate surface area is 99.8 Å². The molecule has 1 atom stereocenters. The molecule has 1 heterocycles. The minimum absolute atomic E-state index is 0.210. The number of carbonyl (C=O) groups excluding carboxylic acids is 1. The quantitative estimate of drug-likeness (QED) is 0.682. The van der Waals surface area contributed by atoms with Gasteiger partial charge in [0.05, 0.1) is 5.92 Å². The van der Waals surface area contributed by atoms with Crippen LogP contribution in [0.15, 0.2) is 0 Å². The summed E-state index contributed by atoms with van der Waals surface area (Å²) in [5.41, 5.74) is 0. The lowest BCUT2D eigenvalue weighted by Gasteiger charge is -2.11. The molecule has 1 unspecified atom stereocenters. The molecular formula is C12H27N3O. The molecule has 16 heavy (non-hydrogen) atoms. The molecule has 0 bridgehead atoms. The smallest absolute Gasteiger partial charge is 0.224 e. The van der Waals surface area contributed by atoms with Crippen molar-refractivity contribution in [2.24, 2.45) is 5.92 Å². The maximum absolute atomic E-state index is 11.6. The van der Waals surface area contributed by atoms with Crippen LogP contribution in [0.1, 0.15) is 27.2 Å². The van der Waals surface area contributed by atoms with E-state index in [1.807, 2.05) is 13.8 Å². The van der Waals surface area contributed by atoms with E-state index >= 15 is 0 Å². The maximum Gasteiger partial charge on any atom is 0.224 e. The van der Waals surface area contributed by atoms with Gasteiger partial charge in [-0.15, -0.1) is 0 Å². The zero-order valence-corrected chi connectivity index (χ0v) is 11.2. The first-order chi connectivity index (χ1) is 7.74. The van der Waals surface area contributed by atoms with E-state index in [1.165, 1.54) is 0 Å². The van der Waals surface area contributed by atoms with Gasteiger partial charge in [-0.2, -0.15) is 0 Å². The van der Waals surface area contributed by atoms with Gasteiger partial charge in [0.2, 0.25) is 5.91 Å². The predicted molar refractivity (Wildman–Crippen MR) is 68.5 cm³/mol. The summed E-state index contributed by atoms with van der Waals surface area (Å²) in [5, 5.41) is 6.13. The van der Waals surface area contributed by atoms with Crippen LogP contribution in [0.3, 0.4) is 0 Å². The summed E-state index contributed by atoms with van der Waals surface area (Å²) >= 11 is 0. The average Bonchev–Trinajstić information content (AvgIpc) is 2.74. The molecule has 1 aliphatic heterocycles. The van der Waals surface area contributed by atoms with Gasteiger partial charge >= 0.3 is 0 Å². The fourth-order valence-corrected chi connectivity index (χ4v) is 1.74. The van der Waals surface area contributed by atoms with Crippen LogP contribution in [0.2, 0.25) is 0 Å². The molecule has 1 saturated heterocycles. The SMILES string of the molecule is CC.CCNCCNC(=O)C1CCN(C)C1. The molecule has 1 fully saturated rings. The van der Waals surface area contributed by atoms with E-state index in [9.17, 15) is 4.79 Å². The molecule has 1 amide bonds. The van der Waals surface area contributed by atoms with Gasteiger partial charge < -0.3 is 15.5 Å². The molecule has 0 saturated carbocycles. The Bertz CT molecular complexity index is 185. The fraction of sp³-hybridized carbons (Fsp3) is 0.917. The molecule has 2 N–H and O–H groups in total. The fourth-order valence-electron chi connectivity index (χ4n) is 1.74. The van der Waals surface area contributed by atoms with Crippen molar-refractivity contribution in [1.82, 2.24) is 15.5 Å². The van der Waals surface area contributed by atoms with Crippen LogP contribution < -0.4 is 10.6 Å². The first-order valence-electron chi connectivity index (χ1n) is 6.41. The summed E-state index contributed by atoms with van der Waals surface area (Å²) in [5.74, 6) is 0.425. The highest BCUT2D eigenvalue weighted by Gasteiger charge is 2.25. The van der Waals surface area contributed by atoms with Crippen LogP contribution in [0.25, 0.3) is 0 Å². The van der Waals surface area contributed by atoms with Crippen molar-refractivity contribution < 1.29 is 4.79 Å². The Hall–Kier alpha value is -0.610. The largest absolute Gasteiger partial charge is 0.355 e. The number of carbonyl (C=O) groups is 1. The van der Waals surface area contributed by atoms with Gasteiger partial charge in [0.15, 0.2) is 0 Å². The average molecular weight is 229 g/mol. The standard InChI is InChI=1S/C10H21N3O.C2H6/c1-3-11-5-6-12-10(14)9-4-7-13(2)8-9;1-2/h9,11H,3-8H2,1-2H3,(H,12,14);1-2H3. The summed E-state index contributed by atoms with van der Waals surface area (Å²) in [4.78, 5) is 13.8. The first-order valence-corrected chi connectivity index (χ1v) is 6.41. The second-order valence-corrected chi connectivity index (χ2v) is 3.89. The number of nitrogens with one attached hydrogen (secondary N) is 2. The second kappa shape index (κ2) is 9.60. The monoisotopic (exact) mass is 229 g/mol. The lowest BCUT2D eigenvalue weighted by Crippen LogP contribution is -2.36. The van der Waals surface area contributed by atoms with Gasteiger partial charge in [-0.3, -0.25) is 4.79 Å². The van der Waals surface area contributed by atoms with Gasteiger partial charge in [0.1, 0.15) is 0 Å². The predicted octanol–water partition coefficient (Wildman–Crippen LogP) is 0.690. The molecule has 0 aliphatic carbocycles. The van der Waals surface area contributed by atoms with Crippen LogP contribution in [-0.2, 0) is 4.79 Å². The maximum atomic E-state index is 11.6. The Kier molecular flexibility index (Phi) is 9.24. The summed E-state index contributed by atoms with van der Waals surface area (Å²) < 4.78 is 0. The molecule has 0 spiro atoms. The van der Waals surface area contributed by atoms with Crippen molar-refractivity contribution in [3.63, 3.8) is 0 Å². The van der Waals surface area contributed by atoms with Crippen LogP contribution in [-0.4, -0.2) is 50.6 Å². The summed E-state index contributed by atoms with van der Waals surface area (Å²) in [7, 11) is 2.06. The molecule has 0 radical (unpaired) electrons. The highest BCUT2D eigenvalue weighted by Crippen LogP contribution is 2.13. The number of hydrogen-bond acceptors (Lipinski definition) is 3. The van der Waals surface area contributed by atoms with E-state index in [0.29, 0.717) is 0 Å². The Balaban J connectivity index is 0.00000106. The van der Waals surface area contributed by atoms with Gasteiger partial charge in [0.25, 0.3) is 0 Å². The number of hydrogen-bond donors (Lipinski definition) is 2. The van der Waals surface area contributed by atoms with E-state index in [-0.39, 0.29) is 11.8 Å². The second-order valence-electron chi connectivity index (χ2n) is 3.89. The van der Waals surface area contributed by atoms with E-state index in [4.69, 9.17) is 0 Å². The Morgan fingerprint density at radius 1 is 1.38 bits per heavy atom. The lowest BCUT2D eigenvalue weighted by molar-refractivity contribution is -0.124. The molecule has 0 aromatic carbocycles. The van der Waals surface area contributed by atoms with E-state index in [1.54, 1.807) is 0 Å². The molecule has 0 aromatic heterocycles. The Morgan fingerprint density at radius 2 is 2.06 bits per heavy atom. The van der Waals surface area contributed by atoms with Crippen molar-refractivity contribution in [3.8, 4) is 0 Å². The number of amides is 1. The van der Waals surface area contributed by atoms with Crippen LogP contribution in [0, 0.1) is 5.92 Å². The number of likely N-dealkylation sites (tertiary alicyclic amines) is 1. The minimum atomic E-state index is 0.210. The molecular weight excluding hydrogens is 202 g/mol. The van der Waals surface area contributed by atoms with Gasteiger partial charge in [0, 0.05) is 19.6 Å². The van der Waals surface area contributed by atoms with E-state index in [2.05, 4.69) is 29.5 Å². The number of likely N-dealkylation sites (N-methyl/N-ethyl adjacent to an activating group) is 1. The van der Waals surface area contributed by atoms with Crippen molar-refractivity contribution in [2.75, 3.05) is 39.8 Å². The molecule has 1 rings (SSSR count). The highest BCUT2D eigenvalue weighted by molar-refractivity contribution is 5.79. The lowest BCUT2D eigenvalue weighted by atomic mass is 10.1. The molecule has 0 aromatic rings. The molecule has 4 heteroatoms. The molecule has 4 nitrogen and oxygen atoms in total. The molecule has 1 aliphatic rings. The minimum Gasteiger partial charge on any atom is -0.355 e. The summed E-state index contributed by atoms with van der Waals surface area (Å²) in [6, 6.07) is 0. The number of rotatable bonds is 5. The highest BCUT2D eigenvalue weighted by atomic mass is 16.1. The van der Waals surface area contributed by atoms with Crippen LogP contribution >= 0.6 is 0 Å². The third kappa shape index (κ3) is 6.08. The van der Waals surface area contributed by atoms with Gasteiger partial charge in [-0.1, -0.05) is 20.8 Å². The summed E-state index contributed by atoms with van der Waals surface area (Å²) in [6.45, 7) is 10.6. The third-order valence-electron chi connectivity index (χ3n) is 2.61. The zero-order chi connectivity index (χ0) is 12.4. The van der Waals surface area contributed by atoms with Crippen molar-refractivity contribution in [3.05, 3.63) is 0 Å². The topological polar surface area (TPSA) is 44.4 Å². The van der Waals surface area contributed by atoms with Gasteiger partial charge in [-0.05, 0) is 26.6 Å². The first kappa shape index (κ1) is 15.4. The van der Waals surface area contributed by atoms with Crippen LogP contribution in [0.5, 0.6) is 0 Å². The molecule has 96 valence electrons. The van der Waals surface area contributed by atoms with Crippen LogP contribution in [0.4, 0.5) is 0 Å². The Morgan fingerprint density at radius 3 is 2.56 bits per heavy atom.